The minimum Gasteiger partial charge on any atom is -0.490 e. The summed E-state index contributed by atoms with van der Waals surface area (Å²) in [6.45, 7) is 8.71. The summed E-state index contributed by atoms with van der Waals surface area (Å²) in [6, 6.07) is 10.8. The van der Waals surface area contributed by atoms with Crippen molar-refractivity contribution in [2.24, 2.45) is 0 Å². The van der Waals surface area contributed by atoms with E-state index in [1.165, 1.54) is 0 Å². The van der Waals surface area contributed by atoms with Crippen LogP contribution in [0.25, 0.3) is 11.3 Å². The first-order valence-corrected chi connectivity index (χ1v) is 7.82. The zero-order valence-electron chi connectivity index (χ0n) is 12.7. The van der Waals surface area contributed by atoms with Crippen molar-refractivity contribution >= 4 is 22.6 Å². The summed E-state index contributed by atoms with van der Waals surface area (Å²) in [5.74, 6) is 0.798. The molecular weight excluding hydrogens is 466 g/mol. The van der Waals surface area contributed by atoms with Crippen molar-refractivity contribution in [1.82, 2.24) is 4.57 Å². The Hall–Kier alpha value is -0.456. The Morgan fingerprint density at radius 3 is 2.77 bits per heavy atom. The number of aromatic nitrogens is 1. The number of pyridine rings is 1. The molecule has 0 aliphatic carbocycles. The van der Waals surface area contributed by atoms with Gasteiger partial charge in [0, 0.05) is 39.3 Å². The van der Waals surface area contributed by atoms with Crippen molar-refractivity contribution in [1.29, 1.82) is 0 Å². The van der Waals surface area contributed by atoms with Gasteiger partial charge in [0.25, 0.3) is 0 Å². The first-order valence-electron chi connectivity index (χ1n) is 6.74. The summed E-state index contributed by atoms with van der Waals surface area (Å²) in [7, 11) is 0. The smallest absolute Gasteiger partial charge is 0.207 e. The van der Waals surface area contributed by atoms with E-state index in [1.54, 1.807) is 16.7 Å². The van der Waals surface area contributed by atoms with Gasteiger partial charge < -0.3 is 9.30 Å². The summed E-state index contributed by atoms with van der Waals surface area (Å²) >= 11 is 2.04. The molecule has 22 heavy (non-hydrogen) atoms. The van der Waals surface area contributed by atoms with Gasteiger partial charge in [-0.1, -0.05) is 36.4 Å². The second-order valence-corrected chi connectivity index (χ2v) is 5.77. The van der Waals surface area contributed by atoms with E-state index in [0.29, 0.717) is 16.7 Å². The molecule has 0 atom stereocenters. The van der Waals surface area contributed by atoms with Gasteiger partial charge in [-0.25, -0.2) is 0 Å². The SMILES string of the molecule is C=CCOc1ccc(-c2[c-]cc(I)c(=O)n2CC)c(C)c1.[Y]. The number of hydrogen-bond acceptors (Lipinski definition) is 2. The van der Waals surface area contributed by atoms with Gasteiger partial charge in [-0.3, -0.25) is 4.79 Å². The maximum absolute atomic E-state index is 12.2. The average molecular weight is 483 g/mol. The number of benzene rings is 1. The van der Waals surface area contributed by atoms with Gasteiger partial charge in [0.15, 0.2) is 0 Å². The monoisotopic (exact) mass is 483 g/mol. The fourth-order valence-corrected chi connectivity index (χ4v) is 2.62. The van der Waals surface area contributed by atoms with Crippen LogP contribution in [-0.4, -0.2) is 11.2 Å². The second-order valence-electron chi connectivity index (χ2n) is 4.61. The molecule has 1 radical (unpaired) electrons. The number of hydrogen-bond donors (Lipinski definition) is 0. The van der Waals surface area contributed by atoms with Crippen LogP contribution in [0.3, 0.4) is 0 Å². The van der Waals surface area contributed by atoms with E-state index < -0.39 is 0 Å². The Kier molecular flexibility index (Phi) is 8.01. The maximum Gasteiger partial charge on any atom is 0.207 e. The molecule has 1 aromatic heterocycles. The largest absolute Gasteiger partial charge is 0.490 e. The first kappa shape index (κ1) is 19.6. The van der Waals surface area contributed by atoms with Gasteiger partial charge in [-0.15, -0.1) is 28.7 Å². The van der Waals surface area contributed by atoms with Crippen molar-refractivity contribution in [2.45, 2.75) is 20.4 Å². The van der Waals surface area contributed by atoms with Gasteiger partial charge in [-0.2, -0.15) is 12.1 Å². The Morgan fingerprint density at radius 2 is 2.18 bits per heavy atom. The Balaban J connectivity index is 0.00000242. The molecule has 1 aromatic carbocycles. The van der Waals surface area contributed by atoms with Crippen LogP contribution >= 0.6 is 22.6 Å². The van der Waals surface area contributed by atoms with Gasteiger partial charge >= 0.3 is 0 Å². The summed E-state index contributed by atoms with van der Waals surface area (Å²) < 4.78 is 7.95. The number of halogens is 1. The van der Waals surface area contributed by atoms with Crippen molar-refractivity contribution < 1.29 is 37.4 Å². The van der Waals surface area contributed by atoms with E-state index in [1.807, 2.05) is 54.6 Å². The number of rotatable bonds is 5. The predicted octanol–water partition coefficient (Wildman–Crippen LogP) is 3.81. The molecular formula is C17H17INO2Y-. The van der Waals surface area contributed by atoms with Crippen LogP contribution < -0.4 is 10.3 Å². The maximum atomic E-state index is 12.2. The van der Waals surface area contributed by atoms with Crippen molar-refractivity contribution in [3.63, 3.8) is 0 Å². The topological polar surface area (TPSA) is 31.2 Å². The average Bonchev–Trinajstić information content (AvgIpc) is 2.48. The van der Waals surface area contributed by atoms with Gasteiger partial charge in [0.1, 0.15) is 12.4 Å². The molecule has 1 heterocycles. The van der Waals surface area contributed by atoms with E-state index in [0.717, 1.165) is 22.6 Å². The first-order chi connectivity index (χ1) is 10.1. The molecule has 0 spiro atoms. The second kappa shape index (κ2) is 8.99. The third-order valence-corrected chi connectivity index (χ3v) is 3.96. The fraction of sp³-hybridized carbons (Fsp3) is 0.235. The molecule has 2 rings (SSSR count). The Bertz CT molecular complexity index is 725. The molecule has 0 saturated carbocycles. The molecule has 0 aliphatic heterocycles. The number of ether oxygens (including phenoxy) is 1. The van der Waals surface area contributed by atoms with Crippen LogP contribution in [0.5, 0.6) is 5.75 Å². The van der Waals surface area contributed by atoms with E-state index in [9.17, 15) is 4.79 Å². The summed E-state index contributed by atoms with van der Waals surface area (Å²) in [6.07, 6.45) is 1.71. The number of aryl methyl sites for hydroxylation is 1. The van der Waals surface area contributed by atoms with Gasteiger partial charge in [0.2, 0.25) is 5.56 Å². The molecule has 0 amide bonds. The summed E-state index contributed by atoms with van der Waals surface area (Å²) in [5, 5.41) is 0. The minimum absolute atomic E-state index is 0. The van der Waals surface area contributed by atoms with Crippen LogP contribution in [0, 0.1) is 16.6 Å². The van der Waals surface area contributed by atoms with Crippen LogP contribution in [0.1, 0.15) is 12.5 Å². The molecule has 0 N–H and O–H groups in total. The molecule has 0 bridgehead atoms. The molecule has 113 valence electrons. The molecule has 0 aliphatic rings. The summed E-state index contributed by atoms with van der Waals surface area (Å²) in [5.41, 5.74) is 2.89. The molecule has 5 heteroatoms. The fourth-order valence-electron chi connectivity index (χ4n) is 2.17. The van der Waals surface area contributed by atoms with Gasteiger partial charge in [-0.05, 0) is 22.6 Å². The molecule has 0 unspecified atom stereocenters. The zero-order valence-corrected chi connectivity index (χ0v) is 17.7. The molecule has 0 saturated heterocycles. The molecule has 3 nitrogen and oxygen atoms in total. The van der Waals surface area contributed by atoms with Crippen molar-refractivity contribution in [3.05, 3.63) is 62.5 Å². The third kappa shape index (κ3) is 4.30. The van der Waals surface area contributed by atoms with Crippen LogP contribution in [-0.2, 0) is 39.3 Å². The van der Waals surface area contributed by atoms with E-state index in [-0.39, 0.29) is 38.3 Å². The van der Waals surface area contributed by atoms with E-state index >= 15 is 0 Å². The molecule has 0 fully saturated rings. The zero-order chi connectivity index (χ0) is 15.4. The Morgan fingerprint density at radius 1 is 1.45 bits per heavy atom. The van der Waals surface area contributed by atoms with E-state index in [2.05, 4.69) is 12.6 Å². The Labute approximate surface area is 169 Å². The van der Waals surface area contributed by atoms with E-state index in [4.69, 9.17) is 4.74 Å². The third-order valence-electron chi connectivity index (χ3n) is 3.19. The van der Waals surface area contributed by atoms with Gasteiger partial charge in [0.05, 0.1) is 0 Å². The van der Waals surface area contributed by atoms with Crippen molar-refractivity contribution in [2.75, 3.05) is 6.61 Å². The standard InChI is InChI=1S/C17H17INO2.Y/c1-4-10-21-13-6-7-14(12(3)11-13)16-9-8-15(18)17(20)19(16)5-2;/h4,6-8,11H,1,5,10H2,2-3H3;/q-1;. The molecule has 2 aromatic rings. The minimum atomic E-state index is 0. The quantitative estimate of drug-likeness (QED) is 0.368. The predicted molar refractivity (Wildman–Crippen MR) is 93.8 cm³/mol. The van der Waals surface area contributed by atoms with Crippen LogP contribution in [0.15, 0.2) is 41.7 Å². The summed E-state index contributed by atoms with van der Waals surface area (Å²) in [4.78, 5) is 12.2. The van der Waals surface area contributed by atoms with Crippen LogP contribution in [0.4, 0.5) is 0 Å². The number of nitrogens with zero attached hydrogens (tertiary/aromatic N) is 1. The van der Waals surface area contributed by atoms with Crippen LogP contribution in [0.2, 0.25) is 0 Å². The normalized spacial score (nSPS) is 9.95. The van der Waals surface area contributed by atoms with Crippen molar-refractivity contribution in [3.8, 4) is 17.0 Å².